The molecule has 0 bridgehead atoms. The molecule has 0 radical (unpaired) electrons. The summed E-state index contributed by atoms with van der Waals surface area (Å²) in [5, 5.41) is -0.853. The van der Waals surface area contributed by atoms with E-state index in [-0.39, 0.29) is 5.91 Å². The van der Waals surface area contributed by atoms with E-state index in [1.54, 1.807) is 24.8 Å². The van der Waals surface area contributed by atoms with Crippen LogP contribution in [0.4, 0.5) is 0 Å². The lowest BCUT2D eigenvalue weighted by molar-refractivity contribution is 0.0793. The van der Waals surface area contributed by atoms with Crippen LogP contribution in [0, 0.1) is 0 Å². The molecular weight excluding hydrogens is 338 g/mol. The summed E-state index contributed by atoms with van der Waals surface area (Å²) in [6, 6.07) is 6.06. The van der Waals surface area contributed by atoms with Gasteiger partial charge < -0.3 is 9.47 Å². The standard InChI is InChI=1S/C18H23N3O3S/c1-12(2)25(23,24)15-7-8-20(10-15)18(22)13-3-6-16-17(9-13)21(11-19-16)14-4-5-14/h3,6,9,11-12,14-15H,4-5,7-8,10H2,1-2H3. The van der Waals surface area contributed by atoms with Crippen LogP contribution >= 0.6 is 0 Å². The molecule has 1 atom stereocenters. The predicted octanol–water partition coefficient (Wildman–Crippen LogP) is 2.41. The van der Waals surface area contributed by atoms with E-state index in [2.05, 4.69) is 9.55 Å². The zero-order chi connectivity index (χ0) is 17.8. The monoisotopic (exact) mass is 361 g/mol. The summed E-state index contributed by atoms with van der Waals surface area (Å²) in [6.07, 6.45) is 4.68. The molecule has 1 aromatic heterocycles. The summed E-state index contributed by atoms with van der Waals surface area (Å²) in [6.45, 7) is 4.19. The van der Waals surface area contributed by atoms with Gasteiger partial charge in [0.2, 0.25) is 0 Å². The van der Waals surface area contributed by atoms with Gasteiger partial charge in [-0.25, -0.2) is 13.4 Å². The van der Waals surface area contributed by atoms with Crippen molar-refractivity contribution in [1.29, 1.82) is 0 Å². The molecule has 1 aromatic carbocycles. The third kappa shape index (κ3) is 2.84. The van der Waals surface area contributed by atoms with E-state index in [1.165, 1.54) is 0 Å². The number of benzene rings is 1. The maximum atomic E-state index is 12.9. The Hall–Kier alpha value is -1.89. The molecule has 4 rings (SSSR count). The molecule has 1 aliphatic heterocycles. The number of rotatable bonds is 4. The van der Waals surface area contributed by atoms with Gasteiger partial charge >= 0.3 is 0 Å². The number of hydrogen-bond donors (Lipinski definition) is 0. The van der Waals surface area contributed by atoms with Crippen molar-refractivity contribution in [3.05, 3.63) is 30.1 Å². The Balaban J connectivity index is 1.57. The summed E-state index contributed by atoms with van der Waals surface area (Å²) in [5.74, 6) is -0.0908. The van der Waals surface area contributed by atoms with Crippen LogP contribution in [-0.2, 0) is 9.84 Å². The van der Waals surface area contributed by atoms with E-state index < -0.39 is 20.3 Å². The van der Waals surface area contributed by atoms with E-state index >= 15 is 0 Å². The van der Waals surface area contributed by atoms with Crippen LogP contribution in [-0.4, -0.2) is 52.4 Å². The van der Waals surface area contributed by atoms with Gasteiger partial charge in [-0.05, 0) is 51.3 Å². The van der Waals surface area contributed by atoms with Crippen LogP contribution < -0.4 is 0 Å². The molecule has 2 heterocycles. The molecule has 25 heavy (non-hydrogen) atoms. The van der Waals surface area contributed by atoms with Crippen molar-refractivity contribution < 1.29 is 13.2 Å². The van der Waals surface area contributed by atoms with Gasteiger partial charge in [0.25, 0.3) is 5.91 Å². The van der Waals surface area contributed by atoms with Gasteiger partial charge in [-0.3, -0.25) is 4.79 Å². The van der Waals surface area contributed by atoms with Gasteiger partial charge in [0.05, 0.1) is 27.9 Å². The second-order valence-electron chi connectivity index (χ2n) is 7.39. The first kappa shape index (κ1) is 16.6. The van der Waals surface area contributed by atoms with E-state index in [0.29, 0.717) is 31.1 Å². The molecule has 0 spiro atoms. The van der Waals surface area contributed by atoms with E-state index in [1.807, 2.05) is 18.5 Å². The molecular formula is C18H23N3O3S. The van der Waals surface area contributed by atoms with E-state index in [9.17, 15) is 13.2 Å². The zero-order valence-corrected chi connectivity index (χ0v) is 15.4. The number of fused-ring (bicyclic) bond motifs is 1. The van der Waals surface area contributed by atoms with Gasteiger partial charge in [0.15, 0.2) is 9.84 Å². The second kappa shape index (κ2) is 5.83. The molecule has 2 aliphatic rings. The lowest BCUT2D eigenvalue weighted by Crippen LogP contribution is -2.34. The van der Waals surface area contributed by atoms with Gasteiger partial charge in [0, 0.05) is 24.7 Å². The zero-order valence-electron chi connectivity index (χ0n) is 14.6. The number of aromatic nitrogens is 2. The summed E-state index contributed by atoms with van der Waals surface area (Å²) >= 11 is 0. The normalized spacial score (nSPS) is 21.4. The predicted molar refractivity (Wildman–Crippen MR) is 96.4 cm³/mol. The fourth-order valence-corrected chi connectivity index (χ4v) is 5.14. The molecule has 1 saturated carbocycles. The topological polar surface area (TPSA) is 72.3 Å². The van der Waals surface area contributed by atoms with Crippen LogP contribution in [0.5, 0.6) is 0 Å². The molecule has 2 fully saturated rings. The maximum Gasteiger partial charge on any atom is 0.253 e. The van der Waals surface area contributed by atoms with Gasteiger partial charge in [-0.15, -0.1) is 0 Å². The third-order valence-corrected chi connectivity index (χ3v) is 7.94. The fourth-order valence-electron chi connectivity index (χ4n) is 3.55. The number of carbonyl (C=O) groups excluding carboxylic acids is 1. The van der Waals surface area contributed by atoms with Crippen molar-refractivity contribution in [2.45, 2.75) is 49.7 Å². The highest BCUT2D eigenvalue weighted by molar-refractivity contribution is 7.92. The van der Waals surface area contributed by atoms with Crippen LogP contribution in [0.1, 0.15) is 49.5 Å². The number of carbonyl (C=O) groups is 1. The number of imidazole rings is 1. The first-order chi connectivity index (χ1) is 11.9. The van der Waals surface area contributed by atoms with E-state index in [0.717, 1.165) is 23.9 Å². The molecule has 0 N–H and O–H groups in total. The Morgan fingerprint density at radius 1 is 1.24 bits per heavy atom. The Labute approximate surface area is 147 Å². The quantitative estimate of drug-likeness (QED) is 0.838. The smallest absolute Gasteiger partial charge is 0.253 e. The van der Waals surface area contributed by atoms with E-state index in [4.69, 9.17) is 0 Å². The largest absolute Gasteiger partial charge is 0.337 e. The fraction of sp³-hybridized carbons (Fsp3) is 0.556. The molecule has 1 saturated heterocycles. The molecule has 134 valence electrons. The van der Waals surface area contributed by atoms with Crippen molar-refractivity contribution in [3.8, 4) is 0 Å². The number of hydrogen-bond acceptors (Lipinski definition) is 4. The highest BCUT2D eigenvalue weighted by atomic mass is 32.2. The minimum absolute atomic E-state index is 0.0908. The van der Waals surface area contributed by atoms with Crippen LogP contribution in [0.15, 0.2) is 24.5 Å². The number of amides is 1. The average molecular weight is 361 g/mol. The summed E-state index contributed by atoms with van der Waals surface area (Å²) < 4.78 is 26.8. The van der Waals surface area contributed by atoms with Crippen molar-refractivity contribution in [1.82, 2.24) is 14.5 Å². The minimum Gasteiger partial charge on any atom is -0.337 e. The lowest BCUT2D eigenvalue weighted by Gasteiger charge is -2.18. The maximum absolute atomic E-state index is 12.9. The Kier molecular flexibility index (Phi) is 3.86. The van der Waals surface area contributed by atoms with Gasteiger partial charge in [-0.2, -0.15) is 0 Å². The van der Waals surface area contributed by atoms with Crippen LogP contribution in [0.3, 0.4) is 0 Å². The Morgan fingerprint density at radius 2 is 2.00 bits per heavy atom. The SMILES string of the molecule is CC(C)S(=O)(=O)C1CCN(C(=O)c2ccc3ncn(C4CC4)c3c2)C1. The molecule has 6 nitrogen and oxygen atoms in total. The number of sulfone groups is 1. The molecule has 1 unspecified atom stereocenters. The van der Waals surface area contributed by atoms with Crippen molar-refractivity contribution in [3.63, 3.8) is 0 Å². The van der Waals surface area contributed by atoms with Crippen molar-refractivity contribution in [2.24, 2.45) is 0 Å². The van der Waals surface area contributed by atoms with Gasteiger partial charge in [-0.1, -0.05) is 0 Å². The summed E-state index contributed by atoms with van der Waals surface area (Å²) in [5.41, 5.74) is 2.49. The molecule has 1 aliphatic carbocycles. The summed E-state index contributed by atoms with van der Waals surface area (Å²) in [4.78, 5) is 18.9. The van der Waals surface area contributed by atoms with Crippen molar-refractivity contribution >= 4 is 26.8 Å². The number of nitrogens with zero attached hydrogens (tertiary/aromatic N) is 3. The third-order valence-electron chi connectivity index (χ3n) is 5.32. The van der Waals surface area contributed by atoms with Crippen LogP contribution in [0.25, 0.3) is 11.0 Å². The Morgan fingerprint density at radius 3 is 2.68 bits per heavy atom. The Bertz CT molecular complexity index is 928. The minimum atomic E-state index is -3.17. The second-order valence-corrected chi connectivity index (χ2v) is 10.2. The molecule has 2 aromatic rings. The molecule has 1 amide bonds. The van der Waals surface area contributed by atoms with Gasteiger partial charge in [0.1, 0.15) is 0 Å². The molecule has 7 heteroatoms. The first-order valence-corrected chi connectivity index (χ1v) is 10.5. The first-order valence-electron chi connectivity index (χ1n) is 8.86. The van der Waals surface area contributed by atoms with Crippen LogP contribution in [0.2, 0.25) is 0 Å². The lowest BCUT2D eigenvalue weighted by atomic mass is 10.1. The summed E-state index contributed by atoms with van der Waals surface area (Å²) in [7, 11) is -3.17. The highest BCUT2D eigenvalue weighted by Crippen LogP contribution is 2.37. The number of likely N-dealkylation sites (tertiary alicyclic amines) is 1. The highest BCUT2D eigenvalue weighted by Gasteiger charge is 2.37. The van der Waals surface area contributed by atoms with Crippen molar-refractivity contribution in [2.75, 3.05) is 13.1 Å². The average Bonchev–Trinajstić information content (AvgIpc) is 3.14.